The van der Waals surface area contributed by atoms with Gasteiger partial charge in [0, 0.05) is 6.07 Å². The molecule has 0 radical (unpaired) electrons. The van der Waals surface area contributed by atoms with Gasteiger partial charge in [0.2, 0.25) is 0 Å². The molecule has 1 aliphatic rings. The highest BCUT2D eigenvalue weighted by molar-refractivity contribution is 5.94. The summed E-state index contributed by atoms with van der Waals surface area (Å²) in [5.74, 6) is -1.20. The molecule has 0 N–H and O–H groups in total. The van der Waals surface area contributed by atoms with Crippen LogP contribution in [0.5, 0.6) is 17.2 Å². The molecular formula is C11H10F2O5. The number of alkyl halides is 2. The molecule has 7 heteroatoms. The summed E-state index contributed by atoms with van der Waals surface area (Å²) in [4.78, 5) is 11.6. The summed E-state index contributed by atoms with van der Waals surface area (Å²) in [6, 6.07) is 2.46. The Balaban J connectivity index is 2.47. The first-order valence-corrected chi connectivity index (χ1v) is 5.12. The monoisotopic (exact) mass is 260 g/mol. The first kappa shape index (κ1) is 12.4. The summed E-state index contributed by atoms with van der Waals surface area (Å²) in [6.45, 7) is 1.71. The van der Waals surface area contributed by atoms with Crippen molar-refractivity contribution < 1.29 is 32.5 Å². The zero-order chi connectivity index (χ0) is 13.3. The number of methoxy groups -OCH3 is 1. The van der Waals surface area contributed by atoms with Crippen LogP contribution in [0.1, 0.15) is 17.3 Å². The van der Waals surface area contributed by atoms with Crippen molar-refractivity contribution in [2.45, 2.75) is 13.2 Å². The van der Waals surface area contributed by atoms with Crippen molar-refractivity contribution in [3.05, 3.63) is 17.7 Å². The fourth-order valence-corrected chi connectivity index (χ4v) is 1.50. The van der Waals surface area contributed by atoms with Crippen LogP contribution < -0.4 is 14.2 Å². The fraction of sp³-hybridized carbons (Fsp3) is 0.364. The van der Waals surface area contributed by atoms with E-state index in [1.165, 1.54) is 19.2 Å². The highest BCUT2D eigenvalue weighted by atomic mass is 19.3. The summed E-state index contributed by atoms with van der Waals surface area (Å²) >= 11 is 0. The van der Waals surface area contributed by atoms with E-state index in [1.807, 2.05) is 0 Å². The number of ether oxygens (including phenoxy) is 4. The van der Waals surface area contributed by atoms with Gasteiger partial charge in [-0.25, -0.2) is 4.79 Å². The summed E-state index contributed by atoms with van der Waals surface area (Å²) < 4.78 is 44.1. The van der Waals surface area contributed by atoms with Gasteiger partial charge in [0.05, 0.1) is 13.7 Å². The molecular weight excluding hydrogens is 250 g/mol. The van der Waals surface area contributed by atoms with Gasteiger partial charge in [-0.15, -0.1) is 8.78 Å². The van der Waals surface area contributed by atoms with Crippen LogP contribution in [0.15, 0.2) is 12.1 Å². The van der Waals surface area contributed by atoms with Crippen molar-refractivity contribution in [2.24, 2.45) is 0 Å². The maximum atomic E-state index is 13.0. The molecule has 1 aliphatic heterocycles. The van der Waals surface area contributed by atoms with Gasteiger partial charge in [-0.3, -0.25) is 0 Å². The van der Waals surface area contributed by atoms with Gasteiger partial charge in [-0.05, 0) is 13.0 Å². The molecule has 5 nitrogen and oxygen atoms in total. The number of benzene rings is 1. The quantitative estimate of drug-likeness (QED) is 0.780. The molecule has 0 aliphatic carbocycles. The number of carbonyl (C=O) groups is 1. The van der Waals surface area contributed by atoms with Gasteiger partial charge in [0.15, 0.2) is 11.5 Å². The zero-order valence-electron chi connectivity index (χ0n) is 9.66. The normalized spacial score (nSPS) is 15.3. The standard InChI is InChI=1S/C11H10F2O5/c1-3-16-10(14)7-4-6(15-2)5-8-9(7)18-11(12,13)17-8/h4-5H,3H2,1-2H3. The molecule has 2 rings (SSSR count). The van der Waals surface area contributed by atoms with E-state index in [0.29, 0.717) is 0 Å². The lowest BCUT2D eigenvalue weighted by Crippen LogP contribution is -2.26. The van der Waals surface area contributed by atoms with Crippen LogP contribution >= 0.6 is 0 Å². The number of hydrogen-bond donors (Lipinski definition) is 0. The van der Waals surface area contributed by atoms with Crippen molar-refractivity contribution in [1.82, 2.24) is 0 Å². The highest BCUT2D eigenvalue weighted by Gasteiger charge is 2.46. The molecule has 0 fully saturated rings. The Morgan fingerprint density at radius 1 is 1.39 bits per heavy atom. The van der Waals surface area contributed by atoms with Crippen molar-refractivity contribution >= 4 is 5.97 Å². The minimum atomic E-state index is -3.80. The van der Waals surface area contributed by atoms with Gasteiger partial charge >= 0.3 is 12.3 Å². The number of hydrogen-bond acceptors (Lipinski definition) is 5. The molecule has 0 saturated carbocycles. The van der Waals surface area contributed by atoms with Crippen molar-refractivity contribution in [3.63, 3.8) is 0 Å². The second-order valence-corrected chi connectivity index (χ2v) is 3.39. The molecule has 0 unspecified atom stereocenters. The van der Waals surface area contributed by atoms with E-state index in [1.54, 1.807) is 6.92 Å². The van der Waals surface area contributed by atoms with Crippen molar-refractivity contribution in [2.75, 3.05) is 13.7 Å². The molecule has 0 spiro atoms. The van der Waals surface area contributed by atoms with Crippen LogP contribution in [0.25, 0.3) is 0 Å². The van der Waals surface area contributed by atoms with E-state index in [9.17, 15) is 13.6 Å². The number of carbonyl (C=O) groups excluding carboxylic acids is 1. The molecule has 18 heavy (non-hydrogen) atoms. The minimum absolute atomic E-state index is 0.113. The molecule has 1 aromatic carbocycles. The Morgan fingerprint density at radius 3 is 2.72 bits per heavy atom. The third kappa shape index (κ3) is 2.15. The Morgan fingerprint density at radius 2 is 2.11 bits per heavy atom. The smallest absolute Gasteiger partial charge is 0.497 e. The van der Waals surface area contributed by atoms with Gasteiger partial charge in [-0.2, -0.15) is 0 Å². The maximum Gasteiger partial charge on any atom is 0.586 e. The topological polar surface area (TPSA) is 54.0 Å². The van der Waals surface area contributed by atoms with Crippen molar-refractivity contribution in [1.29, 1.82) is 0 Å². The first-order chi connectivity index (χ1) is 8.46. The molecule has 98 valence electrons. The average Bonchev–Trinajstić information content (AvgIpc) is 2.61. The lowest BCUT2D eigenvalue weighted by atomic mass is 10.1. The van der Waals surface area contributed by atoms with Crippen LogP contribution in [0.4, 0.5) is 8.78 Å². The minimum Gasteiger partial charge on any atom is -0.497 e. The van der Waals surface area contributed by atoms with Gasteiger partial charge < -0.3 is 18.9 Å². The van der Waals surface area contributed by atoms with E-state index in [4.69, 9.17) is 9.47 Å². The SMILES string of the molecule is CCOC(=O)c1cc(OC)cc2c1OC(F)(F)O2. The average molecular weight is 260 g/mol. The lowest BCUT2D eigenvalue weighted by molar-refractivity contribution is -0.286. The second-order valence-electron chi connectivity index (χ2n) is 3.39. The van der Waals surface area contributed by atoms with E-state index in [-0.39, 0.29) is 29.4 Å². The molecule has 1 heterocycles. The fourth-order valence-electron chi connectivity index (χ4n) is 1.50. The summed E-state index contributed by atoms with van der Waals surface area (Å²) in [7, 11) is 1.34. The van der Waals surface area contributed by atoms with Crippen LogP contribution in [0.2, 0.25) is 0 Å². The van der Waals surface area contributed by atoms with Crippen LogP contribution in [0.3, 0.4) is 0 Å². The molecule has 0 aromatic heterocycles. The van der Waals surface area contributed by atoms with E-state index >= 15 is 0 Å². The molecule has 0 amide bonds. The number of fused-ring (bicyclic) bond motifs is 1. The first-order valence-electron chi connectivity index (χ1n) is 5.12. The summed E-state index contributed by atoms with van der Waals surface area (Å²) in [6.07, 6.45) is -3.80. The van der Waals surface area contributed by atoms with Gasteiger partial charge in [0.25, 0.3) is 0 Å². The molecule has 0 bridgehead atoms. The number of esters is 1. The van der Waals surface area contributed by atoms with E-state index in [0.717, 1.165) is 0 Å². The molecule has 0 saturated heterocycles. The predicted octanol–water partition coefficient (Wildman–Crippen LogP) is 2.19. The Kier molecular flexibility index (Phi) is 2.98. The van der Waals surface area contributed by atoms with Crippen LogP contribution in [-0.4, -0.2) is 26.0 Å². The predicted molar refractivity (Wildman–Crippen MR) is 55.2 cm³/mol. The lowest BCUT2D eigenvalue weighted by Gasteiger charge is -2.07. The van der Waals surface area contributed by atoms with E-state index in [2.05, 4.69) is 9.47 Å². The summed E-state index contributed by atoms with van der Waals surface area (Å²) in [5.41, 5.74) is -0.164. The van der Waals surface area contributed by atoms with Crippen molar-refractivity contribution in [3.8, 4) is 17.2 Å². The third-order valence-corrected chi connectivity index (χ3v) is 2.21. The Bertz CT molecular complexity index is 487. The number of halogens is 2. The van der Waals surface area contributed by atoms with Crippen LogP contribution in [0, 0.1) is 0 Å². The van der Waals surface area contributed by atoms with Gasteiger partial charge in [-0.1, -0.05) is 0 Å². The maximum absolute atomic E-state index is 13.0. The summed E-state index contributed by atoms with van der Waals surface area (Å²) in [5, 5.41) is 0. The highest BCUT2D eigenvalue weighted by Crippen LogP contribution is 2.45. The third-order valence-electron chi connectivity index (χ3n) is 2.21. The second kappa shape index (κ2) is 4.32. The largest absolute Gasteiger partial charge is 0.586 e. The van der Waals surface area contributed by atoms with Gasteiger partial charge in [0.1, 0.15) is 11.3 Å². The number of rotatable bonds is 3. The zero-order valence-corrected chi connectivity index (χ0v) is 9.66. The Hall–Kier alpha value is -2.05. The van der Waals surface area contributed by atoms with E-state index < -0.39 is 12.3 Å². The van der Waals surface area contributed by atoms with Crippen LogP contribution in [-0.2, 0) is 4.74 Å². The molecule has 1 aromatic rings. The molecule has 0 atom stereocenters. The Labute approximate surface area is 101 Å².